The van der Waals surface area contributed by atoms with Crippen LogP contribution >= 0.6 is 0 Å². The predicted octanol–water partition coefficient (Wildman–Crippen LogP) is -0.276. The summed E-state index contributed by atoms with van der Waals surface area (Å²) in [7, 11) is -1.97. The topological polar surface area (TPSA) is 100 Å². The summed E-state index contributed by atoms with van der Waals surface area (Å²) in [6, 6.07) is 0.401. The van der Waals surface area contributed by atoms with Gasteiger partial charge < -0.3 is 9.84 Å². The summed E-state index contributed by atoms with van der Waals surface area (Å²) in [5.41, 5.74) is 0. The van der Waals surface area contributed by atoms with Crippen molar-refractivity contribution in [1.29, 1.82) is 0 Å². The second-order valence-corrected chi connectivity index (χ2v) is 6.32. The van der Waals surface area contributed by atoms with E-state index in [4.69, 9.17) is 0 Å². The van der Waals surface area contributed by atoms with Crippen molar-refractivity contribution < 1.29 is 12.9 Å². The molecule has 8 nitrogen and oxygen atoms in total. The Morgan fingerprint density at radius 2 is 2.21 bits per heavy atom. The van der Waals surface area contributed by atoms with Gasteiger partial charge in [-0.15, -0.1) is 0 Å². The first-order chi connectivity index (χ1) is 8.92. The first-order valence-electron chi connectivity index (χ1n) is 6.11. The molecule has 110 valence electrons. The highest BCUT2D eigenvalue weighted by Gasteiger charge is 2.17. The van der Waals surface area contributed by atoms with Crippen molar-refractivity contribution in [3.05, 3.63) is 12.2 Å². The van der Waals surface area contributed by atoms with Gasteiger partial charge in [-0.05, 0) is 13.0 Å². The molecule has 0 radical (unpaired) electrons. The largest absolute Gasteiger partial charge is 0.343 e. The van der Waals surface area contributed by atoms with Crippen LogP contribution in [0.4, 0.5) is 0 Å². The molecule has 0 bridgehead atoms. The summed E-state index contributed by atoms with van der Waals surface area (Å²) in [6.07, 6.45) is 1.91. The summed E-state index contributed by atoms with van der Waals surface area (Å²) in [4.78, 5) is 3.74. The lowest BCUT2D eigenvalue weighted by Gasteiger charge is -2.17. The predicted molar refractivity (Wildman–Crippen MR) is 70.4 cm³/mol. The maximum absolute atomic E-state index is 11.9. The molecule has 1 aromatic heterocycles. The van der Waals surface area contributed by atoms with Crippen molar-refractivity contribution in [2.24, 2.45) is 0 Å². The van der Waals surface area contributed by atoms with E-state index < -0.39 is 10.2 Å². The van der Waals surface area contributed by atoms with Gasteiger partial charge in [0.15, 0.2) is 5.82 Å². The molecule has 1 heterocycles. The lowest BCUT2D eigenvalue weighted by atomic mass is 10.3. The molecule has 1 rings (SSSR count). The third-order valence-electron chi connectivity index (χ3n) is 2.43. The number of hydrogen-bond donors (Lipinski definition) is 2. The Balaban J connectivity index is 2.30. The molecule has 19 heavy (non-hydrogen) atoms. The molecule has 2 N–H and O–H groups in total. The van der Waals surface area contributed by atoms with E-state index in [0.717, 1.165) is 19.4 Å². The van der Waals surface area contributed by atoms with Crippen molar-refractivity contribution in [1.82, 2.24) is 24.5 Å². The Morgan fingerprint density at radius 3 is 2.79 bits per heavy atom. The SMILES string of the molecule is CC(C)NCCCN(C)S(=O)(=O)NCc1ncon1. The van der Waals surface area contributed by atoms with Crippen molar-refractivity contribution in [3.63, 3.8) is 0 Å². The van der Waals surface area contributed by atoms with E-state index in [1.54, 1.807) is 0 Å². The Kier molecular flexibility index (Phi) is 6.35. The number of nitrogens with zero attached hydrogens (tertiary/aromatic N) is 3. The van der Waals surface area contributed by atoms with Crippen LogP contribution in [0.25, 0.3) is 0 Å². The lowest BCUT2D eigenvalue weighted by molar-refractivity contribution is 0.407. The minimum Gasteiger partial charge on any atom is -0.343 e. The van der Waals surface area contributed by atoms with Crippen molar-refractivity contribution in [3.8, 4) is 0 Å². The van der Waals surface area contributed by atoms with Crippen LogP contribution in [0.15, 0.2) is 10.9 Å². The van der Waals surface area contributed by atoms with Crippen LogP contribution < -0.4 is 10.0 Å². The Bertz CT molecular complexity index is 446. The molecule has 0 aliphatic rings. The van der Waals surface area contributed by atoms with Crippen LogP contribution in [-0.4, -0.2) is 49.0 Å². The highest BCUT2D eigenvalue weighted by Crippen LogP contribution is 1.97. The fourth-order valence-electron chi connectivity index (χ4n) is 1.35. The van der Waals surface area contributed by atoms with E-state index in [9.17, 15) is 8.42 Å². The second kappa shape index (κ2) is 7.53. The van der Waals surface area contributed by atoms with Crippen LogP contribution in [0.2, 0.25) is 0 Å². The zero-order valence-electron chi connectivity index (χ0n) is 11.5. The van der Waals surface area contributed by atoms with Gasteiger partial charge in [0.05, 0.1) is 6.54 Å². The van der Waals surface area contributed by atoms with Crippen molar-refractivity contribution >= 4 is 10.2 Å². The monoisotopic (exact) mass is 291 g/mol. The van der Waals surface area contributed by atoms with Crippen molar-refractivity contribution in [2.75, 3.05) is 20.1 Å². The first kappa shape index (κ1) is 16.0. The highest BCUT2D eigenvalue weighted by molar-refractivity contribution is 7.87. The molecule has 1 aromatic rings. The van der Waals surface area contributed by atoms with E-state index in [1.165, 1.54) is 11.4 Å². The molecule has 0 aliphatic heterocycles. The van der Waals surface area contributed by atoms with Gasteiger partial charge in [0.2, 0.25) is 6.39 Å². The molecular weight excluding hydrogens is 270 g/mol. The Labute approximate surface area is 113 Å². The molecule has 0 atom stereocenters. The van der Waals surface area contributed by atoms with Gasteiger partial charge in [-0.2, -0.15) is 22.4 Å². The van der Waals surface area contributed by atoms with Crippen LogP contribution in [0.1, 0.15) is 26.1 Å². The van der Waals surface area contributed by atoms with E-state index in [1.807, 2.05) is 13.8 Å². The number of aromatic nitrogens is 2. The van der Waals surface area contributed by atoms with Gasteiger partial charge in [0, 0.05) is 19.6 Å². The fraction of sp³-hybridized carbons (Fsp3) is 0.800. The highest BCUT2D eigenvalue weighted by atomic mass is 32.2. The standard InChI is InChI=1S/C10H21N5O3S/c1-9(2)11-5-4-6-15(3)19(16,17)13-7-10-12-8-18-14-10/h8-9,11,13H,4-7H2,1-3H3. The molecule has 0 aliphatic carbocycles. The normalized spacial score (nSPS) is 12.5. The van der Waals surface area contributed by atoms with E-state index in [0.29, 0.717) is 18.4 Å². The summed E-state index contributed by atoms with van der Waals surface area (Å²) >= 11 is 0. The molecule has 0 aromatic carbocycles. The van der Waals surface area contributed by atoms with Gasteiger partial charge in [-0.25, -0.2) is 0 Å². The summed E-state index contributed by atoms with van der Waals surface area (Å²) < 4.78 is 31.9. The summed E-state index contributed by atoms with van der Waals surface area (Å²) in [6.45, 7) is 5.34. The molecule has 0 amide bonds. The smallest absolute Gasteiger partial charge is 0.279 e. The molecule has 0 fully saturated rings. The van der Waals surface area contributed by atoms with Crippen LogP contribution in [0.5, 0.6) is 0 Å². The number of nitrogens with one attached hydrogen (secondary N) is 2. The van der Waals surface area contributed by atoms with Gasteiger partial charge in [-0.1, -0.05) is 19.0 Å². The average molecular weight is 291 g/mol. The van der Waals surface area contributed by atoms with Gasteiger partial charge in [-0.3, -0.25) is 0 Å². The van der Waals surface area contributed by atoms with E-state index >= 15 is 0 Å². The molecule has 9 heteroatoms. The van der Waals surface area contributed by atoms with Crippen LogP contribution in [-0.2, 0) is 16.8 Å². The third kappa shape index (κ3) is 6.10. The molecule has 0 saturated carbocycles. The quantitative estimate of drug-likeness (QED) is 0.607. The van der Waals surface area contributed by atoms with Crippen molar-refractivity contribution in [2.45, 2.75) is 32.9 Å². The maximum atomic E-state index is 11.9. The fourth-order valence-corrected chi connectivity index (χ4v) is 2.25. The summed E-state index contributed by atoms with van der Waals surface area (Å²) in [5.74, 6) is 0.304. The minimum absolute atomic E-state index is 0.0212. The molecular formula is C10H21N5O3S. The molecule has 0 unspecified atom stereocenters. The molecule has 0 spiro atoms. The maximum Gasteiger partial charge on any atom is 0.279 e. The Hall–Kier alpha value is -1.03. The summed E-state index contributed by atoms with van der Waals surface area (Å²) in [5, 5.41) is 6.76. The van der Waals surface area contributed by atoms with Gasteiger partial charge >= 0.3 is 0 Å². The number of rotatable bonds is 9. The van der Waals surface area contributed by atoms with E-state index in [-0.39, 0.29) is 6.54 Å². The van der Waals surface area contributed by atoms with Gasteiger partial charge in [0.1, 0.15) is 0 Å². The third-order valence-corrected chi connectivity index (χ3v) is 3.94. The number of hydrogen-bond acceptors (Lipinski definition) is 6. The van der Waals surface area contributed by atoms with E-state index in [2.05, 4.69) is 24.7 Å². The lowest BCUT2D eigenvalue weighted by Crippen LogP contribution is -2.39. The zero-order valence-corrected chi connectivity index (χ0v) is 12.3. The Morgan fingerprint density at radius 1 is 1.47 bits per heavy atom. The van der Waals surface area contributed by atoms with Crippen LogP contribution in [0.3, 0.4) is 0 Å². The second-order valence-electron chi connectivity index (χ2n) is 4.46. The molecule has 0 saturated heterocycles. The van der Waals surface area contributed by atoms with Crippen LogP contribution in [0, 0.1) is 0 Å². The zero-order chi connectivity index (χ0) is 14.3. The van der Waals surface area contributed by atoms with Gasteiger partial charge in [0.25, 0.3) is 10.2 Å². The average Bonchev–Trinajstić information content (AvgIpc) is 2.84. The minimum atomic E-state index is -3.50. The first-order valence-corrected chi connectivity index (χ1v) is 7.55.